The Kier molecular flexibility index (Phi) is 4.68. The summed E-state index contributed by atoms with van der Waals surface area (Å²) in [7, 11) is 0. The van der Waals surface area contributed by atoms with Crippen LogP contribution in [0.3, 0.4) is 0 Å². The summed E-state index contributed by atoms with van der Waals surface area (Å²) in [6.45, 7) is 5.49. The summed E-state index contributed by atoms with van der Waals surface area (Å²) in [5.74, 6) is 1.46. The minimum atomic E-state index is 0.144. The molecular weight excluding hydrogens is 266 g/mol. The first-order chi connectivity index (χ1) is 9.22. The highest BCUT2D eigenvalue weighted by Gasteiger charge is 2.09. The van der Waals surface area contributed by atoms with Crippen molar-refractivity contribution >= 4 is 11.6 Å². The molecule has 0 aromatic carbocycles. The number of rotatable bonds is 6. The van der Waals surface area contributed by atoms with Gasteiger partial charge in [0.05, 0.1) is 13.0 Å². The van der Waals surface area contributed by atoms with E-state index in [1.807, 2.05) is 17.7 Å². The Bertz CT molecular complexity index is 543. The minimum Gasteiger partial charge on any atom is -0.463 e. The summed E-state index contributed by atoms with van der Waals surface area (Å²) < 4.78 is 7.41. The molecule has 0 spiro atoms. The average Bonchev–Trinajstić information content (AvgIpc) is 2.83. The molecule has 0 unspecified atom stereocenters. The molecule has 2 aromatic rings. The quantitative estimate of drug-likeness (QED) is 0.811. The van der Waals surface area contributed by atoms with Gasteiger partial charge in [-0.15, -0.1) is 0 Å². The standard InChI is InChI=1S/C12H16ClN5O/c1-3-7-19-12-16-9(15-11(13)17-12)8-10-14-5-6-18(10)4-2/h5-6H,3-4,7-8H2,1-2H3. The van der Waals surface area contributed by atoms with Gasteiger partial charge in [0.2, 0.25) is 5.28 Å². The van der Waals surface area contributed by atoms with Crippen LogP contribution in [0.4, 0.5) is 0 Å². The summed E-state index contributed by atoms with van der Waals surface area (Å²) >= 11 is 5.87. The Morgan fingerprint density at radius 3 is 2.84 bits per heavy atom. The van der Waals surface area contributed by atoms with Crippen LogP contribution in [-0.4, -0.2) is 31.1 Å². The molecule has 0 amide bonds. The molecule has 0 saturated carbocycles. The van der Waals surface area contributed by atoms with Gasteiger partial charge in [0.25, 0.3) is 0 Å². The van der Waals surface area contributed by atoms with E-state index in [4.69, 9.17) is 16.3 Å². The van der Waals surface area contributed by atoms with Crippen LogP contribution in [0.1, 0.15) is 31.9 Å². The van der Waals surface area contributed by atoms with Gasteiger partial charge in [0, 0.05) is 18.9 Å². The zero-order chi connectivity index (χ0) is 13.7. The van der Waals surface area contributed by atoms with Crippen LogP contribution in [0, 0.1) is 0 Å². The lowest BCUT2D eigenvalue weighted by atomic mass is 10.4. The van der Waals surface area contributed by atoms with Crippen LogP contribution < -0.4 is 4.74 Å². The van der Waals surface area contributed by atoms with Gasteiger partial charge in [-0.3, -0.25) is 0 Å². The Balaban J connectivity index is 2.17. The second kappa shape index (κ2) is 6.47. The Morgan fingerprint density at radius 2 is 2.11 bits per heavy atom. The van der Waals surface area contributed by atoms with Gasteiger partial charge in [-0.05, 0) is 24.9 Å². The van der Waals surface area contributed by atoms with Crippen LogP contribution in [0.25, 0.3) is 0 Å². The molecule has 0 fully saturated rings. The Hall–Kier alpha value is -1.69. The van der Waals surface area contributed by atoms with E-state index in [-0.39, 0.29) is 11.3 Å². The summed E-state index contributed by atoms with van der Waals surface area (Å²) in [4.78, 5) is 16.6. The first-order valence-corrected chi connectivity index (χ1v) is 6.64. The van der Waals surface area contributed by atoms with Crippen molar-refractivity contribution in [3.05, 3.63) is 29.3 Å². The summed E-state index contributed by atoms with van der Waals surface area (Å²) in [5, 5.41) is 0.144. The zero-order valence-corrected chi connectivity index (χ0v) is 11.8. The molecule has 2 rings (SSSR count). The van der Waals surface area contributed by atoms with Crippen molar-refractivity contribution in [3.8, 4) is 6.01 Å². The molecule has 0 N–H and O–H groups in total. The van der Waals surface area contributed by atoms with Gasteiger partial charge < -0.3 is 9.30 Å². The number of halogens is 1. The van der Waals surface area contributed by atoms with Gasteiger partial charge >= 0.3 is 6.01 Å². The van der Waals surface area contributed by atoms with Gasteiger partial charge in [0.1, 0.15) is 11.6 Å². The first-order valence-electron chi connectivity index (χ1n) is 6.26. The van der Waals surface area contributed by atoms with Crippen LogP contribution in [0.5, 0.6) is 6.01 Å². The van der Waals surface area contributed by atoms with Crippen molar-refractivity contribution in [1.29, 1.82) is 0 Å². The number of aromatic nitrogens is 5. The molecule has 0 bridgehead atoms. The van der Waals surface area contributed by atoms with Gasteiger partial charge in [-0.25, -0.2) is 9.97 Å². The number of ether oxygens (including phenoxy) is 1. The third-order valence-corrected chi connectivity index (χ3v) is 2.70. The SMILES string of the molecule is CCCOc1nc(Cl)nc(Cc2nccn2CC)n1. The maximum atomic E-state index is 5.87. The van der Waals surface area contributed by atoms with Crippen molar-refractivity contribution in [3.63, 3.8) is 0 Å². The topological polar surface area (TPSA) is 65.7 Å². The highest BCUT2D eigenvalue weighted by molar-refractivity contribution is 6.28. The monoisotopic (exact) mass is 281 g/mol. The van der Waals surface area contributed by atoms with Crippen LogP contribution in [-0.2, 0) is 13.0 Å². The van der Waals surface area contributed by atoms with E-state index >= 15 is 0 Å². The fourth-order valence-corrected chi connectivity index (χ4v) is 1.81. The van der Waals surface area contributed by atoms with Crippen molar-refractivity contribution in [2.75, 3.05) is 6.61 Å². The van der Waals surface area contributed by atoms with E-state index in [2.05, 4.69) is 26.9 Å². The Morgan fingerprint density at radius 1 is 1.26 bits per heavy atom. The smallest absolute Gasteiger partial charge is 0.320 e. The number of nitrogens with zero attached hydrogens (tertiary/aromatic N) is 5. The fraction of sp³-hybridized carbons (Fsp3) is 0.500. The highest BCUT2D eigenvalue weighted by Crippen LogP contribution is 2.11. The second-order valence-electron chi connectivity index (χ2n) is 3.96. The van der Waals surface area contributed by atoms with Crippen LogP contribution >= 0.6 is 11.6 Å². The molecule has 0 aliphatic heterocycles. The number of imidazole rings is 1. The molecule has 2 aromatic heterocycles. The number of aryl methyl sites for hydroxylation is 1. The molecule has 0 saturated heterocycles. The maximum Gasteiger partial charge on any atom is 0.320 e. The lowest BCUT2D eigenvalue weighted by molar-refractivity contribution is 0.290. The lowest BCUT2D eigenvalue weighted by Gasteiger charge is -2.06. The fourth-order valence-electron chi connectivity index (χ4n) is 1.64. The summed E-state index contributed by atoms with van der Waals surface area (Å²) in [5.41, 5.74) is 0. The van der Waals surface area contributed by atoms with E-state index in [0.29, 0.717) is 18.9 Å². The predicted octanol–water partition coefficient (Wildman–Crippen LogP) is 2.12. The highest BCUT2D eigenvalue weighted by atomic mass is 35.5. The average molecular weight is 282 g/mol. The van der Waals surface area contributed by atoms with Crippen molar-refractivity contribution in [1.82, 2.24) is 24.5 Å². The first kappa shape index (κ1) is 13.7. The van der Waals surface area contributed by atoms with Crippen LogP contribution in [0.15, 0.2) is 12.4 Å². The zero-order valence-electron chi connectivity index (χ0n) is 11.0. The van der Waals surface area contributed by atoms with Gasteiger partial charge in [-0.1, -0.05) is 6.92 Å². The number of hydrogen-bond acceptors (Lipinski definition) is 5. The second-order valence-corrected chi connectivity index (χ2v) is 4.30. The largest absolute Gasteiger partial charge is 0.463 e. The molecule has 0 atom stereocenters. The number of hydrogen-bond donors (Lipinski definition) is 0. The molecule has 0 radical (unpaired) electrons. The van der Waals surface area contributed by atoms with Crippen molar-refractivity contribution in [2.24, 2.45) is 0 Å². The molecular formula is C12H16ClN5O. The van der Waals surface area contributed by atoms with Crippen molar-refractivity contribution in [2.45, 2.75) is 33.2 Å². The van der Waals surface area contributed by atoms with E-state index < -0.39 is 0 Å². The van der Waals surface area contributed by atoms with E-state index in [1.54, 1.807) is 6.20 Å². The van der Waals surface area contributed by atoms with Gasteiger partial charge in [0.15, 0.2) is 0 Å². The molecule has 7 heteroatoms. The van der Waals surface area contributed by atoms with E-state index in [1.165, 1.54) is 0 Å². The van der Waals surface area contributed by atoms with Gasteiger partial charge in [-0.2, -0.15) is 9.97 Å². The molecule has 0 aliphatic rings. The molecule has 102 valence electrons. The molecule has 2 heterocycles. The van der Waals surface area contributed by atoms with Crippen LogP contribution in [0.2, 0.25) is 5.28 Å². The molecule has 0 aliphatic carbocycles. The summed E-state index contributed by atoms with van der Waals surface area (Å²) in [6.07, 6.45) is 5.08. The lowest BCUT2D eigenvalue weighted by Crippen LogP contribution is -2.08. The van der Waals surface area contributed by atoms with E-state index in [0.717, 1.165) is 18.8 Å². The third kappa shape index (κ3) is 3.64. The third-order valence-electron chi connectivity index (χ3n) is 2.53. The van der Waals surface area contributed by atoms with Crippen molar-refractivity contribution < 1.29 is 4.74 Å². The Labute approximate surface area is 116 Å². The van der Waals surface area contributed by atoms with E-state index in [9.17, 15) is 0 Å². The molecule has 19 heavy (non-hydrogen) atoms. The minimum absolute atomic E-state index is 0.144. The predicted molar refractivity (Wildman–Crippen MR) is 71.3 cm³/mol. The normalized spacial score (nSPS) is 10.7. The maximum absolute atomic E-state index is 5.87. The molecule has 6 nitrogen and oxygen atoms in total. The summed E-state index contributed by atoms with van der Waals surface area (Å²) in [6, 6.07) is 0.270.